The molecule has 0 fully saturated rings. The molecule has 0 saturated carbocycles. The third-order valence-electron chi connectivity index (χ3n) is 8.03. The molecule has 0 aliphatic rings. The number of unbranched alkanes of at least 4 members (excludes halogenated alkanes) is 17. The number of halogens is 1. The molecule has 0 amide bonds. The van der Waals surface area contributed by atoms with Crippen molar-refractivity contribution in [2.75, 3.05) is 19.8 Å². The summed E-state index contributed by atoms with van der Waals surface area (Å²) in [6, 6.07) is 4.31. The highest BCUT2D eigenvalue weighted by atomic mass is 79.9. The van der Waals surface area contributed by atoms with E-state index in [0.29, 0.717) is 18.9 Å². The van der Waals surface area contributed by atoms with Gasteiger partial charge >= 0.3 is 5.97 Å². The molecule has 0 radical (unpaired) electrons. The minimum absolute atomic E-state index is 0. The topological polar surface area (TPSA) is 39.4 Å². The Morgan fingerprint density at radius 3 is 1.76 bits per heavy atom. The zero-order chi connectivity index (χ0) is 28.9. The van der Waals surface area contributed by atoms with Crippen molar-refractivity contribution in [3.63, 3.8) is 0 Å². The second-order valence-corrected chi connectivity index (χ2v) is 12.1. The molecule has 0 aliphatic carbocycles. The highest BCUT2D eigenvalue weighted by molar-refractivity contribution is 5.69. The monoisotopic (exact) mass is 639 g/mol. The van der Waals surface area contributed by atoms with E-state index in [-0.39, 0.29) is 23.0 Å². The zero-order valence-corrected chi connectivity index (χ0v) is 28.9. The van der Waals surface area contributed by atoms with Crippen LogP contribution < -0.4 is 21.5 Å². The normalized spacial score (nSPS) is 11.8. The SMILES string of the molecule is CCCCCCCCCCCCCCCCOCC(CCC)COC(=O)CCCCCCC[n+]1ccc(C)cc1.[Br-]. The first kappa shape index (κ1) is 40.1. The Balaban J connectivity index is 0.0000160. The van der Waals surface area contributed by atoms with Crippen LogP contribution in [0.3, 0.4) is 0 Å². The minimum atomic E-state index is -0.0386. The Bertz CT molecular complexity index is 682. The predicted octanol–water partition coefficient (Wildman–Crippen LogP) is 7.08. The first-order valence-corrected chi connectivity index (χ1v) is 17.3. The Kier molecular flexibility index (Phi) is 29.8. The van der Waals surface area contributed by atoms with Crippen LogP contribution in [0, 0.1) is 12.8 Å². The average molecular weight is 641 g/mol. The van der Waals surface area contributed by atoms with E-state index in [4.69, 9.17) is 9.47 Å². The van der Waals surface area contributed by atoms with Crippen molar-refractivity contribution in [3.05, 3.63) is 30.1 Å². The van der Waals surface area contributed by atoms with Crippen LogP contribution in [-0.4, -0.2) is 25.8 Å². The molecule has 5 heteroatoms. The van der Waals surface area contributed by atoms with Gasteiger partial charge in [-0.05, 0) is 38.2 Å². The van der Waals surface area contributed by atoms with Crippen molar-refractivity contribution in [1.82, 2.24) is 0 Å². The highest BCUT2D eigenvalue weighted by Gasteiger charge is 2.12. The Morgan fingerprint density at radius 2 is 1.20 bits per heavy atom. The van der Waals surface area contributed by atoms with Crippen molar-refractivity contribution in [2.24, 2.45) is 5.92 Å². The Hall–Kier alpha value is -0.940. The summed E-state index contributed by atoms with van der Waals surface area (Å²) in [5.41, 5.74) is 1.30. The van der Waals surface area contributed by atoms with Crippen LogP contribution in [0.4, 0.5) is 0 Å². The quantitative estimate of drug-likeness (QED) is 0.0534. The van der Waals surface area contributed by atoms with Gasteiger partial charge < -0.3 is 26.5 Å². The van der Waals surface area contributed by atoms with Gasteiger partial charge in [-0.2, -0.15) is 0 Å². The molecule has 0 N–H and O–H groups in total. The van der Waals surface area contributed by atoms with E-state index in [0.717, 1.165) is 51.9 Å². The number of pyridine rings is 1. The zero-order valence-electron chi connectivity index (χ0n) is 27.3. The van der Waals surface area contributed by atoms with Crippen molar-refractivity contribution in [2.45, 2.75) is 169 Å². The first-order chi connectivity index (χ1) is 19.7. The van der Waals surface area contributed by atoms with Crippen molar-refractivity contribution in [3.8, 4) is 0 Å². The smallest absolute Gasteiger partial charge is 0.305 e. The van der Waals surface area contributed by atoms with Gasteiger partial charge in [0.05, 0.1) is 13.2 Å². The summed E-state index contributed by atoms with van der Waals surface area (Å²) >= 11 is 0. The summed E-state index contributed by atoms with van der Waals surface area (Å²) < 4.78 is 13.8. The minimum Gasteiger partial charge on any atom is -1.00 e. The average Bonchev–Trinajstić information content (AvgIpc) is 2.96. The van der Waals surface area contributed by atoms with Crippen LogP contribution in [0.1, 0.15) is 161 Å². The molecule has 1 unspecified atom stereocenters. The van der Waals surface area contributed by atoms with Crippen molar-refractivity contribution >= 4 is 5.97 Å². The molecular formula is C36H66BrNO3. The van der Waals surface area contributed by atoms with Crippen LogP contribution >= 0.6 is 0 Å². The number of nitrogens with zero attached hydrogens (tertiary/aromatic N) is 1. The van der Waals surface area contributed by atoms with Gasteiger partial charge in [0.25, 0.3) is 0 Å². The van der Waals surface area contributed by atoms with E-state index in [1.807, 2.05) is 0 Å². The first-order valence-electron chi connectivity index (χ1n) is 17.3. The van der Waals surface area contributed by atoms with Gasteiger partial charge in [-0.1, -0.05) is 117 Å². The maximum absolute atomic E-state index is 12.2. The van der Waals surface area contributed by atoms with E-state index >= 15 is 0 Å². The molecule has 1 aromatic rings. The summed E-state index contributed by atoms with van der Waals surface area (Å²) in [6.07, 6.45) is 32.0. The van der Waals surface area contributed by atoms with Crippen molar-refractivity contribution in [1.29, 1.82) is 0 Å². The number of aryl methyl sites for hydroxylation is 2. The molecule has 0 bridgehead atoms. The molecule has 0 saturated heterocycles. The number of hydrogen-bond acceptors (Lipinski definition) is 3. The number of hydrogen-bond donors (Lipinski definition) is 0. The molecule has 1 rings (SSSR count). The molecule has 0 aromatic carbocycles. The number of carbonyl (C=O) groups is 1. The molecule has 1 atom stereocenters. The van der Waals surface area contributed by atoms with Gasteiger partial charge in [0, 0.05) is 37.5 Å². The number of esters is 1. The fourth-order valence-corrected chi connectivity index (χ4v) is 5.33. The highest BCUT2D eigenvalue weighted by Crippen LogP contribution is 2.14. The Morgan fingerprint density at radius 1 is 0.683 bits per heavy atom. The summed E-state index contributed by atoms with van der Waals surface area (Å²) in [7, 11) is 0. The molecule has 41 heavy (non-hydrogen) atoms. The lowest BCUT2D eigenvalue weighted by atomic mass is 10.0. The Labute approximate surface area is 265 Å². The lowest BCUT2D eigenvalue weighted by molar-refractivity contribution is -0.697. The van der Waals surface area contributed by atoms with E-state index in [1.54, 1.807) is 0 Å². The van der Waals surface area contributed by atoms with Gasteiger partial charge in [-0.3, -0.25) is 4.79 Å². The molecule has 0 spiro atoms. The van der Waals surface area contributed by atoms with Gasteiger partial charge in [0.1, 0.15) is 6.54 Å². The second-order valence-electron chi connectivity index (χ2n) is 12.1. The largest absolute Gasteiger partial charge is 1.00 e. The van der Waals surface area contributed by atoms with Crippen LogP contribution in [0.2, 0.25) is 0 Å². The summed E-state index contributed by atoms with van der Waals surface area (Å²) in [4.78, 5) is 12.2. The standard InChI is InChI=1S/C36H66NO3.BrH/c1-4-6-7-8-9-10-11-12-13-14-15-16-20-23-31-39-32-35(24-5-2)33-40-36(38)25-21-18-17-19-22-28-37-29-26-34(3)27-30-37;/h26-27,29-30,35H,4-25,28,31-33H2,1-3H3;1H/q+1;/p-1. The van der Waals surface area contributed by atoms with Gasteiger partial charge in [-0.25, -0.2) is 4.57 Å². The van der Waals surface area contributed by atoms with Gasteiger partial charge in [0.2, 0.25) is 0 Å². The molecule has 4 nitrogen and oxygen atoms in total. The summed E-state index contributed by atoms with van der Waals surface area (Å²) in [5, 5.41) is 0. The van der Waals surface area contributed by atoms with E-state index in [1.165, 1.54) is 108 Å². The third-order valence-corrected chi connectivity index (χ3v) is 8.03. The van der Waals surface area contributed by atoms with Crippen molar-refractivity contribution < 1.29 is 35.8 Å². The van der Waals surface area contributed by atoms with Gasteiger partial charge in [-0.15, -0.1) is 0 Å². The predicted molar refractivity (Wildman–Crippen MR) is 170 cm³/mol. The summed E-state index contributed by atoms with van der Waals surface area (Å²) in [6.45, 7) is 9.75. The van der Waals surface area contributed by atoms with Crippen LogP contribution in [0.25, 0.3) is 0 Å². The lowest BCUT2D eigenvalue weighted by Crippen LogP contribution is -3.00. The fraction of sp³-hybridized carbons (Fsp3) is 0.833. The van der Waals surface area contributed by atoms with E-state index < -0.39 is 0 Å². The summed E-state index contributed by atoms with van der Waals surface area (Å²) in [5.74, 6) is 0.295. The molecule has 1 aromatic heterocycles. The molecule has 0 aliphatic heterocycles. The van der Waals surface area contributed by atoms with E-state index in [2.05, 4.69) is 49.9 Å². The molecule has 240 valence electrons. The maximum atomic E-state index is 12.2. The molecule has 1 heterocycles. The second kappa shape index (κ2) is 30.5. The van der Waals surface area contributed by atoms with Gasteiger partial charge in [0.15, 0.2) is 12.4 Å². The third kappa shape index (κ3) is 26.4. The van der Waals surface area contributed by atoms with Crippen LogP contribution in [0.15, 0.2) is 24.5 Å². The maximum Gasteiger partial charge on any atom is 0.305 e. The lowest BCUT2D eigenvalue weighted by Gasteiger charge is -2.16. The number of carbonyl (C=O) groups excluding carboxylic acids is 1. The number of ether oxygens (including phenoxy) is 2. The van der Waals surface area contributed by atoms with Crippen LogP contribution in [-0.2, 0) is 20.8 Å². The number of rotatable bonds is 29. The fourth-order valence-electron chi connectivity index (χ4n) is 5.33. The number of aromatic nitrogens is 1. The van der Waals surface area contributed by atoms with Crippen LogP contribution in [0.5, 0.6) is 0 Å². The van der Waals surface area contributed by atoms with E-state index in [9.17, 15) is 4.79 Å². The molecular weight excluding hydrogens is 574 g/mol.